The number of aryl methyl sites for hydroxylation is 1. The van der Waals surface area contributed by atoms with Crippen LogP contribution in [0.1, 0.15) is 73.3 Å². The Morgan fingerprint density at radius 2 is 1.92 bits per heavy atom. The number of aromatic nitrogens is 4. The maximum absolute atomic E-state index is 15.0. The molecule has 1 N–H and O–H groups in total. The van der Waals surface area contributed by atoms with Crippen LogP contribution >= 0.6 is 0 Å². The van der Waals surface area contributed by atoms with Crippen molar-refractivity contribution in [1.29, 1.82) is 0 Å². The quantitative estimate of drug-likeness (QED) is 0.530. The Kier molecular flexibility index (Phi) is 6.12. The van der Waals surface area contributed by atoms with Gasteiger partial charge in [0, 0.05) is 25.0 Å². The van der Waals surface area contributed by atoms with E-state index in [1.807, 2.05) is 6.07 Å². The third kappa shape index (κ3) is 4.52. The Labute approximate surface area is 220 Å². The molecule has 1 aliphatic carbocycles. The fraction of sp³-hybridized carbons (Fsp3) is 0.464. The van der Waals surface area contributed by atoms with Crippen LogP contribution in [-0.4, -0.2) is 49.3 Å². The highest BCUT2D eigenvalue weighted by atomic mass is 19.1. The number of carbonyl (C=O) groups excluding carboxylic acids is 2. The molecule has 1 saturated carbocycles. The minimum atomic E-state index is -0.604. The lowest BCUT2D eigenvalue weighted by Crippen LogP contribution is -2.38. The van der Waals surface area contributed by atoms with Gasteiger partial charge < -0.3 is 19.5 Å². The van der Waals surface area contributed by atoms with Crippen LogP contribution < -0.4 is 5.32 Å². The normalized spacial score (nSPS) is 18.2. The van der Waals surface area contributed by atoms with E-state index in [0.29, 0.717) is 30.3 Å². The van der Waals surface area contributed by atoms with Gasteiger partial charge in [-0.25, -0.2) is 14.2 Å². The van der Waals surface area contributed by atoms with E-state index in [-0.39, 0.29) is 29.8 Å². The Morgan fingerprint density at radius 3 is 2.74 bits per heavy atom. The topological polar surface area (TPSA) is 102 Å². The molecule has 6 rings (SSSR count). The number of fused-ring (bicyclic) bond motifs is 2. The van der Waals surface area contributed by atoms with E-state index >= 15 is 0 Å². The smallest absolute Gasteiger partial charge is 0.410 e. The molecule has 4 heterocycles. The maximum atomic E-state index is 15.0. The summed E-state index contributed by atoms with van der Waals surface area (Å²) in [6.07, 6.45) is 5.92. The third-order valence-corrected chi connectivity index (χ3v) is 7.89. The molecule has 2 aromatic heterocycles. The van der Waals surface area contributed by atoms with Crippen molar-refractivity contribution in [3.63, 3.8) is 0 Å². The largest absolute Gasteiger partial charge is 0.446 e. The number of anilines is 1. The highest BCUT2D eigenvalue weighted by Crippen LogP contribution is 2.35. The number of nitrogens with zero attached hydrogens (tertiary/aromatic N) is 5. The van der Waals surface area contributed by atoms with Crippen molar-refractivity contribution in [2.24, 2.45) is 0 Å². The molecule has 2 amide bonds. The zero-order chi connectivity index (χ0) is 26.4. The average molecular weight is 519 g/mol. The second kappa shape index (κ2) is 9.49. The lowest BCUT2D eigenvalue weighted by molar-refractivity contribution is 0.0618. The Morgan fingerprint density at radius 1 is 1.11 bits per heavy atom. The van der Waals surface area contributed by atoms with E-state index < -0.39 is 11.7 Å². The summed E-state index contributed by atoms with van der Waals surface area (Å²) in [5.41, 5.74) is 1.91. The second-order valence-electron chi connectivity index (χ2n) is 11.0. The molecule has 1 fully saturated rings. The minimum Gasteiger partial charge on any atom is -0.446 e. The molecule has 198 valence electrons. The highest BCUT2D eigenvalue weighted by molar-refractivity contribution is 6.04. The highest BCUT2D eigenvalue weighted by Gasteiger charge is 2.34. The van der Waals surface area contributed by atoms with Gasteiger partial charge in [-0.3, -0.25) is 4.79 Å². The Balaban J connectivity index is 1.19. The minimum absolute atomic E-state index is 0.0217. The standard InChI is InChI=1S/C28H31FN6O3/c1-28(2)12-10-24-32-33-25(35(24)28)22-8-5-9-23(30-22)31-26(36)20-14-18-16-34(13-11-17(18)15-21(20)29)27(37)38-19-6-3-4-7-19/h5,8-9,14-15,19H,3-4,6-7,10-13,16H2,1-2H3,(H,30,31,36). The molecular formula is C28H31FN6O3. The first-order valence-corrected chi connectivity index (χ1v) is 13.3. The van der Waals surface area contributed by atoms with Crippen molar-refractivity contribution >= 4 is 17.8 Å². The predicted octanol–water partition coefficient (Wildman–Crippen LogP) is 4.85. The number of rotatable bonds is 4. The lowest BCUT2D eigenvalue weighted by Gasteiger charge is -2.29. The van der Waals surface area contributed by atoms with Crippen molar-refractivity contribution in [3.05, 3.63) is 58.7 Å². The average Bonchev–Trinajstić information content (AvgIpc) is 3.63. The van der Waals surface area contributed by atoms with Gasteiger partial charge >= 0.3 is 6.09 Å². The summed E-state index contributed by atoms with van der Waals surface area (Å²) in [5.74, 6) is 0.644. The van der Waals surface area contributed by atoms with Gasteiger partial charge in [0.1, 0.15) is 29.3 Å². The number of hydrogen-bond donors (Lipinski definition) is 1. The fourth-order valence-corrected chi connectivity index (χ4v) is 5.75. The molecule has 0 unspecified atom stereocenters. The van der Waals surface area contributed by atoms with Gasteiger partial charge in [-0.2, -0.15) is 0 Å². The second-order valence-corrected chi connectivity index (χ2v) is 11.0. The van der Waals surface area contributed by atoms with Crippen LogP contribution in [0.2, 0.25) is 0 Å². The van der Waals surface area contributed by atoms with Gasteiger partial charge in [0.05, 0.1) is 5.56 Å². The van der Waals surface area contributed by atoms with Crippen molar-refractivity contribution in [3.8, 4) is 11.5 Å². The number of amides is 2. The summed E-state index contributed by atoms with van der Waals surface area (Å²) in [5, 5.41) is 11.4. The number of halogens is 1. The molecule has 0 spiro atoms. The predicted molar refractivity (Wildman–Crippen MR) is 138 cm³/mol. The Bertz CT molecular complexity index is 1410. The van der Waals surface area contributed by atoms with Crippen LogP contribution in [0.15, 0.2) is 30.3 Å². The molecule has 0 atom stereocenters. The van der Waals surface area contributed by atoms with Crippen LogP contribution in [0.25, 0.3) is 11.5 Å². The van der Waals surface area contributed by atoms with Crippen molar-refractivity contribution < 1.29 is 18.7 Å². The number of benzene rings is 1. The molecule has 3 aliphatic rings. The first-order valence-electron chi connectivity index (χ1n) is 13.3. The van der Waals surface area contributed by atoms with Crippen molar-refractivity contribution in [1.82, 2.24) is 24.6 Å². The molecule has 0 bridgehead atoms. The summed E-state index contributed by atoms with van der Waals surface area (Å²) in [6, 6.07) is 8.19. The third-order valence-electron chi connectivity index (χ3n) is 7.89. The molecule has 10 heteroatoms. The summed E-state index contributed by atoms with van der Waals surface area (Å²) in [7, 11) is 0. The summed E-state index contributed by atoms with van der Waals surface area (Å²) in [6.45, 7) is 5.01. The first kappa shape index (κ1) is 24.5. The zero-order valence-corrected chi connectivity index (χ0v) is 21.7. The van der Waals surface area contributed by atoms with Gasteiger partial charge in [0.15, 0.2) is 5.82 Å². The van der Waals surface area contributed by atoms with Crippen molar-refractivity contribution in [2.45, 2.75) is 77.0 Å². The van der Waals surface area contributed by atoms with E-state index in [0.717, 1.165) is 55.5 Å². The molecule has 2 aliphatic heterocycles. The molecule has 0 saturated heterocycles. The SMILES string of the molecule is CC1(C)CCc2nnc(-c3cccc(NC(=O)c4cc5c(cc4F)CCN(C(=O)OC4CCCC4)C5)n3)n21. The first-order chi connectivity index (χ1) is 18.3. The van der Waals surface area contributed by atoms with Crippen molar-refractivity contribution in [2.75, 3.05) is 11.9 Å². The van der Waals surface area contributed by atoms with E-state index in [1.165, 1.54) is 12.1 Å². The van der Waals surface area contributed by atoms with Crippen LogP contribution in [0, 0.1) is 5.82 Å². The molecule has 1 aromatic carbocycles. The van der Waals surface area contributed by atoms with Gasteiger partial charge in [0.2, 0.25) is 0 Å². The van der Waals surface area contributed by atoms with E-state index in [2.05, 4.69) is 38.9 Å². The lowest BCUT2D eigenvalue weighted by atomic mass is 9.96. The molecule has 3 aromatic rings. The van der Waals surface area contributed by atoms with Gasteiger partial charge in [0.25, 0.3) is 5.91 Å². The number of carbonyl (C=O) groups is 2. The fourth-order valence-electron chi connectivity index (χ4n) is 5.75. The van der Waals surface area contributed by atoms with E-state index in [9.17, 15) is 14.0 Å². The summed E-state index contributed by atoms with van der Waals surface area (Å²) < 4.78 is 22.7. The van der Waals surface area contributed by atoms with Crippen LogP contribution in [0.4, 0.5) is 15.0 Å². The summed E-state index contributed by atoms with van der Waals surface area (Å²) >= 11 is 0. The van der Waals surface area contributed by atoms with Gasteiger partial charge in [-0.15, -0.1) is 10.2 Å². The summed E-state index contributed by atoms with van der Waals surface area (Å²) in [4.78, 5) is 32.0. The number of ether oxygens (including phenoxy) is 1. The van der Waals surface area contributed by atoms with Gasteiger partial charge in [-0.05, 0) is 87.8 Å². The van der Waals surface area contributed by atoms with E-state index in [1.54, 1.807) is 17.0 Å². The molecule has 0 radical (unpaired) electrons. The number of pyridine rings is 1. The Hall–Kier alpha value is -3.82. The van der Waals surface area contributed by atoms with Crippen LogP contribution in [0.5, 0.6) is 0 Å². The number of nitrogens with one attached hydrogen (secondary N) is 1. The molecule has 9 nitrogen and oxygen atoms in total. The monoisotopic (exact) mass is 518 g/mol. The zero-order valence-electron chi connectivity index (χ0n) is 21.7. The maximum Gasteiger partial charge on any atom is 0.410 e. The molecule has 38 heavy (non-hydrogen) atoms. The van der Waals surface area contributed by atoms with E-state index in [4.69, 9.17) is 4.74 Å². The van der Waals surface area contributed by atoms with Crippen LogP contribution in [0.3, 0.4) is 0 Å². The van der Waals surface area contributed by atoms with Gasteiger partial charge in [-0.1, -0.05) is 6.07 Å². The van der Waals surface area contributed by atoms with Crippen LogP contribution in [-0.2, 0) is 29.7 Å². The number of hydrogen-bond acceptors (Lipinski definition) is 6. The molecular weight excluding hydrogens is 487 g/mol.